The van der Waals surface area contributed by atoms with Gasteiger partial charge in [0.1, 0.15) is 0 Å². The summed E-state index contributed by atoms with van der Waals surface area (Å²) < 4.78 is 31.8. The predicted molar refractivity (Wildman–Crippen MR) is 112 cm³/mol. The number of carbonyl (C=O) groups is 1. The first kappa shape index (κ1) is 21.9. The van der Waals surface area contributed by atoms with Gasteiger partial charge in [-0.1, -0.05) is 29.3 Å². The third kappa shape index (κ3) is 5.05. The van der Waals surface area contributed by atoms with Crippen LogP contribution in [0.4, 0.5) is 0 Å². The number of rotatable bonds is 7. The Morgan fingerprint density at radius 1 is 1.03 bits per heavy atom. The number of carbonyl (C=O) groups excluding carboxylic acids is 1. The quantitative estimate of drug-likeness (QED) is 0.551. The Morgan fingerprint density at radius 2 is 1.67 bits per heavy atom. The third-order valence-corrected chi connectivity index (χ3v) is 6.51. The van der Waals surface area contributed by atoms with Crippen LogP contribution in [0, 0.1) is 6.92 Å². The zero-order chi connectivity index (χ0) is 21.9. The van der Waals surface area contributed by atoms with E-state index in [1.165, 1.54) is 36.2 Å². The van der Waals surface area contributed by atoms with Crippen LogP contribution in [0.2, 0.25) is 5.02 Å². The summed E-state index contributed by atoms with van der Waals surface area (Å²) in [6.45, 7) is 1.71. The van der Waals surface area contributed by atoms with E-state index in [4.69, 9.17) is 16.0 Å². The lowest BCUT2D eigenvalue weighted by Gasteiger charge is -2.20. The maximum absolute atomic E-state index is 12.6. The summed E-state index contributed by atoms with van der Waals surface area (Å²) in [6.07, 6.45) is 0. The van der Waals surface area contributed by atoms with Crippen molar-refractivity contribution in [2.75, 3.05) is 20.6 Å². The lowest BCUT2D eigenvalue weighted by molar-refractivity contribution is -0.130. The molecule has 0 aliphatic carbocycles. The molecule has 0 bridgehead atoms. The van der Waals surface area contributed by atoms with E-state index in [1.54, 1.807) is 7.05 Å². The minimum atomic E-state index is -3.82. The fourth-order valence-electron chi connectivity index (χ4n) is 2.60. The molecule has 0 N–H and O–H groups in total. The zero-order valence-electron chi connectivity index (χ0n) is 16.7. The number of hydrogen-bond donors (Lipinski definition) is 0. The largest absolute Gasteiger partial charge is 0.419 e. The number of likely N-dealkylation sites (N-methyl/N-ethyl adjacent to an activating group) is 2. The van der Waals surface area contributed by atoms with Gasteiger partial charge in [-0.05, 0) is 43.3 Å². The van der Waals surface area contributed by atoms with E-state index in [9.17, 15) is 13.2 Å². The average Bonchev–Trinajstić information content (AvgIpc) is 3.17. The molecule has 0 spiro atoms. The van der Waals surface area contributed by atoms with Crippen molar-refractivity contribution in [3.8, 4) is 11.5 Å². The molecule has 8 nitrogen and oxygen atoms in total. The first-order valence-electron chi connectivity index (χ1n) is 9.02. The smallest absolute Gasteiger partial charge is 0.247 e. The van der Waals surface area contributed by atoms with E-state index in [1.807, 2.05) is 31.2 Å². The summed E-state index contributed by atoms with van der Waals surface area (Å²) in [5.41, 5.74) is 1.89. The molecule has 3 rings (SSSR count). The van der Waals surface area contributed by atoms with Gasteiger partial charge in [0.15, 0.2) is 0 Å². The highest BCUT2D eigenvalue weighted by molar-refractivity contribution is 7.89. The maximum atomic E-state index is 12.6. The first-order chi connectivity index (χ1) is 14.2. The molecule has 0 fully saturated rings. The molecule has 0 saturated heterocycles. The summed E-state index contributed by atoms with van der Waals surface area (Å²) in [5, 5.41) is 8.40. The minimum Gasteiger partial charge on any atom is -0.419 e. The van der Waals surface area contributed by atoms with Gasteiger partial charge in [-0.3, -0.25) is 4.79 Å². The van der Waals surface area contributed by atoms with E-state index in [0.29, 0.717) is 10.9 Å². The highest BCUT2D eigenvalue weighted by Crippen LogP contribution is 2.20. The fraction of sp³-hybridized carbons (Fsp3) is 0.250. The monoisotopic (exact) mass is 448 g/mol. The van der Waals surface area contributed by atoms with Crippen LogP contribution in [0.3, 0.4) is 0 Å². The summed E-state index contributed by atoms with van der Waals surface area (Å²) >= 11 is 5.80. The van der Waals surface area contributed by atoms with E-state index >= 15 is 0 Å². The first-order valence-corrected chi connectivity index (χ1v) is 10.8. The van der Waals surface area contributed by atoms with Gasteiger partial charge >= 0.3 is 0 Å². The molecule has 10 heteroatoms. The Bertz CT molecular complexity index is 1130. The van der Waals surface area contributed by atoms with Gasteiger partial charge in [0.2, 0.25) is 27.7 Å². The van der Waals surface area contributed by atoms with Crippen LogP contribution in [0.5, 0.6) is 0 Å². The highest BCUT2D eigenvalue weighted by atomic mass is 35.5. The molecular formula is C20H21ClN4O4S. The van der Waals surface area contributed by atoms with Crippen molar-refractivity contribution >= 4 is 27.5 Å². The molecule has 0 atom stereocenters. The van der Waals surface area contributed by atoms with E-state index in [-0.39, 0.29) is 23.9 Å². The van der Waals surface area contributed by atoms with E-state index in [2.05, 4.69) is 10.2 Å². The van der Waals surface area contributed by atoms with Crippen LogP contribution < -0.4 is 0 Å². The molecule has 2 aromatic carbocycles. The summed E-state index contributed by atoms with van der Waals surface area (Å²) in [7, 11) is -0.929. The molecule has 0 radical (unpaired) electrons. The van der Waals surface area contributed by atoms with E-state index in [0.717, 1.165) is 15.4 Å². The van der Waals surface area contributed by atoms with Gasteiger partial charge in [0.05, 0.1) is 18.0 Å². The number of hydrogen-bond acceptors (Lipinski definition) is 6. The Morgan fingerprint density at radius 3 is 2.30 bits per heavy atom. The van der Waals surface area contributed by atoms with Gasteiger partial charge in [0, 0.05) is 24.7 Å². The SMILES string of the molecule is Cc1ccc(-c2nnc(CN(C)C(=O)CN(C)S(=O)(=O)c3ccc(Cl)cc3)o2)cc1. The molecule has 1 amide bonds. The van der Waals surface area contributed by atoms with Crippen LogP contribution in [0.1, 0.15) is 11.5 Å². The molecule has 3 aromatic rings. The van der Waals surface area contributed by atoms with Gasteiger partial charge in [0.25, 0.3) is 0 Å². The number of aromatic nitrogens is 2. The van der Waals surface area contributed by atoms with Crippen molar-refractivity contribution in [2.45, 2.75) is 18.4 Å². The Kier molecular flexibility index (Phi) is 6.55. The minimum absolute atomic E-state index is 0.0597. The number of amides is 1. The second-order valence-corrected chi connectivity index (χ2v) is 9.31. The number of halogens is 1. The van der Waals surface area contributed by atoms with Crippen LogP contribution >= 0.6 is 11.6 Å². The standard InChI is InChI=1S/C20H21ClN4O4S/c1-14-4-6-15(7-5-14)20-23-22-18(29-20)12-24(2)19(26)13-25(3)30(27,28)17-10-8-16(21)9-11-17/h4-11H,12-13H2,1-3H3. The predicted octanol–water partition coefficient (Wildman–Crippen LogP) is 2.98. The van der Waals surface area contributed by atoms with Crippen molar-refractivity contribution in [1.82, 2.24) is 19.4 Å². The van der Waals surface area contributed by atoms with Crippen molar-refractivity contribution in [3.05, 3.63) is 65.0 Å². The Labute approximate surface area is 180 Å². The molecule has 0 saturated carbocycles. The number of aryl methyl sites for hydroxylation is 1. The molecule has 0 unspecified atom stereocenters. The summed E-state index contributed by atoms with van der Waals surface area (Å²) in [5.74, 6) is 0.197. The van der Waals surface area contributed by atoms with Gasteiger partial charge < -0.3 is 9.32 Å². The maximum Gasteiger partial charge on any atom is 0.247 e. The number of nitrogens with zero attached hydrogens (tertiary/aromatic N) is 4. The Hall–Kier alpha value is -2.75. The summed E-state index contributed by atoms with van der Waals surface area (Å²) in [6, 6.07) is 13.4. The lowest BCUT2D eigenvalue weighted by atomic mass is 10.1. The van der Waals surface area contributed by atoms with E-state index < -0.39 is 15.9 Å². The van der Waals surface area contributed by atoms with Crippen LogP contribution in [0.25, 0.3) is 11.5 Å². The van der Waals surface area contributed by atoms with Crippen molar-refractivity contribution in [2.24, 2.45) is 0 Å². The van der Waals surface area contributed by atoms with Gasteiger partial charge in [-0.15, -0.1) is 10.2 Å². The lowest BCUT2D eigenvalue weighted by Crippen LogP contribution is -2.39. The topological polar surface area (TPSA) is 96.6 Å². The van der Waals surface area contributed by atoms with Gasteiger partial charge in [-0.25, -0.2) is 8.42 Å². The van der Waals surface area contributed by atoms with Crippen molar-refractivity contribution in [1.29, 1.82) is 0 Å². The normalized spacial score (nSPS) is 11.6. The molecular weight excluding hydrogens is 428 g/mol. The molecule has 0 aliphatic rings. The Balaban J connectivity index is 1.63. The molecule has 158 valence electrons. The third-order valence-electron chi connectivity index (χ3n) is 4.44. The number of benzene rings is 2. The number of sulfonamides is 1. The molecule has 1 aromatic heterocycles. The van der Waals surface area contributed by atoms with Crippen molar-refractivity contribution < 1.29 is 17.6 Å². The summed E-state index contributed by atoms with van der Waals surface area (Å²) in [4.78, 5) is 13.9. The van der Waals surface area contributed by atoms with Gasteiger partial charge in [-0.2, -0.15) is 4.31 Å². The van der Waals surface area contributed by atoms with Crippen LogP contribution in [-0.4, -0.2) is 54.4 Å². The second kappa shape index (κ2) is 8.95. The molecule has 1 heterocycles. The molecule has 30 heavy (non-hydrogen) atoms. The van der Waals surface area contributed by atoms with Crippen molar-refractivity contribution in [3.63, 3.8) is 0 Å². The van der Waals surface area contributed by atoms with Crippen LogP contribution in [-0.2, 0) is 21.4 Å². The average molecular weight is 449 g/mol. The fourth-order valence-corrected chi connectivity index (χ4v) is 3.85. The second-order valence-electron chi connectivity index (χ2n) is 6.83. The highest BCUT2D eigenvalue weighted by Gasteiger charge is 2.25. The van der Waals surface area contributed by atoms with Crippen LogP contribution in [0.15, 0.2) is 57.8 Å². The zero-order valence-corrected chi connectivity index (χ0v) is 18.3. The molecule has 0 aliphatic heterocycles.